The summed E-state index contributed by atoms with van der Waals surface area (Å²) < 4.78 is 5.49. The molecule has 0 amide bonds. The van der Waals surface area contributed by atoms with E-state index < -0.39 is 0 Å². The van der Waals surface area contributed by atoms with Gasteiger partial charge in [0.25, 0.3) is 0 Å². The number of thiophene rings is 1. The second-order valence-corrected chi connectivity index (χ2v) is 4.68. The van der Waals surface area contributed by atoms with Gasteiger partial charge in [-0.05, 0) is 42.7 Å². The molecule has 86 valence electrons. The van der Waals surface area contributed by atoms with E-state index >= 15 is 0 Å². The lowest BCUT2D eigenvalue weighted by molar-refractivity contribution is 0.448. The van der Waals surface area contributed by atoms with Gasteiger partial charge in [-0.1, -0.05) is 0 Å². The topological polar surface area (TPSA) is 38.1 Å². The number of rotatable bonds is 4. The van der Waals surface area contributed by atoms with Gasteiger partial charge in [0.1, 0.15) is 5.76 Å². The Balaban J connectivity index is 1.87. The normalized spacial score (nSPS) is 10.9. The lowest BCUT2D eigenvalue weighted by Crippen LogP contribution is -2.13. The molecule has 0 aliphatic heterocycles. The van der Waals surface area contributed by atoms with Gasteiger partial charge in [-0.15, -0.1) is 0 Å². The highest BCUT2D eigenvalue weighted by molar-refractivity contribution is 7.08. The maximum Gasteiger partial charge on any atom is 0.208 e. The second-order valence-electron chi connectivity index (χ2n) is 3.93. The molecule has 2 rings (SSSR count). The molecule has 16 heavy (non-hydrogen) atoms. The summed E-state index contributed by atoms with van der Waals surface area (Å²) in [4.78, 5) is 4.32. The summed E-state index contributed by atoms with van der Waals surface area (Å²) in [5.41, 5.74) is 3.67. The number of nitrogens with one attached hydrogen (secondary N) is 1. The van der Waals surface area contributed by atoms with Crippen molar-refractivity contribution in [2.45, 2.75) is 33.9 Å². The number of hydrogen-bond acceptors (Lipinski definition) is 4. The minimum Gasteiger partial charge on any atom is -0.444 e. The highest BCUT2D eigenvalue weighted by Crippen LogP contribution is 2.13. The molecule has 2 aromatic rings. The molecule has 2 heterocycles. The molecular formula is C12H16N2OS. The molecule has 0 saturated heterocycles. The lowest BCUT2D eigenvalue weighted by Gasteiger charge is -2.01. The lowest BCUT2D eigenvalue weighted by atomic mass is 10.2. The Bertz CT molecular complexity index is 454. The summed E-state index contributed by atoms with van der Waals surface area (Å²) in [6.45, 7) is 7.59. The molecule has 3 nitrogen and oxygen atoms in total. The summed E-state index contributed by atoms with van der Waals surface area (Å²) >= 11 is 1.74. The molecule has 0 aliphatic carbocycles. The molecule has 0 atom stereocenters. The molecular weight excluding hydrogens is 220 g/mol. The molecule has 0 aliphatic rings. The van der Waals surface area contributed by atoms with E-state index in [2.05, 4.69) is 28.0 Å². The van der Waals surface area contributed by atoms with Gasteiger partial charge in [0.15, 0.2) is 0 Å². The summed E-state index contributed by atoms with van der Waals surface area (Å²) in [5, 5.41) is 7.67. The van der Waals surface area contributed by atoms with Crippen molar-refractivity contribution in [3.8, 4) is 0 Å². The molecule has 0 unspecified atom stereocenters. The summed E-state index contributed by atoms with van der Waals surface area (Å²) in [6, 6.07) is 0. The Labute approximate surface area is 99.5 Å². The highest BCUT2D eigenvalue weighted by atomic mass is 32.1. The van der Waals surface area contributed by atoms with E-state index in [9.17, 15) is 0 Å². The molecule has 0 radical (unpaired) electrons. The monoisotopic (exact) mass is 236 g/mol. The van der Waals surface area contributed by atoms with Gasteiger partial charge in [-0.25, -0.2) is 4.98 Å². The first-order valence-electron chi connectivity index (χ1n) is 5.32. The number of hydrogen-bond donors (Lipinski definition) is 1. The van der Waals surface area contributed by atoms with Gasteiger partial charge in [-0.3, -0.25) is 0 Å². The van der Waals surface area contributed by atoms with Crippen LogP contribution in [0.1, 0.15) is 28.5 Å². The van der Waals surface area contributed by atoms with Crippen LogP contribution in [-0.4, -0.2) is 4.98 Å². The first-order valence-corrected chi connectivity index (χ1v) is 6.26. The van der Waals surface area contributed by atoms with Crippen molar-refractivity contribution in [2.75, 3.05) is 0 Å². The first-order chi connectivity index (χ1) is 7.66. The van der Waals surface area contributed by atoms with Crippen LogP contribution in [0.15, 0.2) is 15.2 Å². The van der Waals surface area contributed by atoms with Gasteiger partial charge in [-0.2, -0.15) is 11.3 Å². The van der Waals surface area contributed by atoms with Crippen LogP contribution in [-0.2, 0) is 13.1 Å². The SMILES string of the molecule is Cc1cscc1CNCc1nc(C)c(C)o1. The Morgan fingerprint density at radius 3 is 2.62 bits per heavy atom. The third kappa shape index (κ3) is 2.51. The minimum atomic E-state index is 0.684. The van der Waals surface area contributed by atoms with Crippen LogP contribution in [0.25, 0.3) is 0 Å². The molecule has 0 aromatic carbocycles. The number of oxazole rings is 1. The number of aromatic nitrogens is 1. The van der Waals surface area contributed by atoms with E-state index in [0.717, 1.165) is 23.9 Å². The van der Waals surface area contributed by atoms with Crippen molar-refractivity contribution in [3.05, 3.63) is 39.2 Å². The third-order valence-corrected chi connectivity index (χ3v) is 3.54. The zero-order valence-corrected chi connectivity index (χ0v) is 10.6. The van der Waals surface area contributed by atoms with E-state index in [1.807, 2.05) is 13.8 Å². The van der Waals surface area contributed by atoms with Crippen molar-refractivity contribution in [3.63, 3.8) is 0 Å². The van der Waals surface area contributed by atoms with E-state index in [-0.39, 0.29) is 0 Å². The minimum absolute atomic E-state index is 0.684. The zero-order valence-electron chi connectivity index (χ0n) is 9.83. The number of aryl methyl sites for hydroxylation is 3. The van der Waals surface area contributed by atoms with Gasteiger partial charge < -0.3 is 9.73 Å². The van der Waals surface area contributed by atoms with Crippen molar-refractivity contribution in [1.29, 1.82) is 0 Å². The Kier molecular flexibility index (Phi) is 3.41. The molecule has 0 bridgehead atoms. The number of nitrogens with zero attached hydrogens (tertiary/aromatic N) is 1. The average Bonchev–Trinajstić information content (AvgIpc) is 2.76. The predicted molar refractivity (Wildman–Crippen MR) is 65.6 cm³/mol. The summed E-state index contributed by atoms with van der Waals surface area (Å²) in [6.07, 6.45) is 0. The molecule has 0 fully saturated rings. The quantitative estimate of drug-likeness (QED) is 0.887. The fourth-order valence-corrected chi connectivity index (χ4v) is 2.34. The first kappa shape index (κ1) is 11.4. The Hall–Kier alpha value is -1.13. The van der Waals surface area contributed by atoms with Crippen LogP contribution >= 0.6 is 11.3 Å². The molecule has 0 saturated carbocycles. The highest BCUT2D eigenvalue weighted by Gasteiger charge is 2.05. The van der Waals surface area contributed by atoms with Crippen molar-refractivity contribution < 1.29 is 4.42 Å². The van der Waals surface area contributed by atoms with Crippen molar-refractivity contribution >= 4 is 11.3 Å². The van der Waals surface area contributed by atoms with Gasteiger partial charge in [0.2, 0.25) is 5.89 Å². The molecule has 2 aromatic heterocycles. The van der Waals surface area contributed by atoms with Crippen LogP contribution in [0.3, 0.4) is 0 Å². The van der Waals surface area contributed by atoms with Crippen LogP contribution in [0.5, 0.6) is 0 Å². The summed E-state index contributed by atoms with van der Waals surface area (Å²) in [5.74, 6) is 1.67. The smallest absolute Gasteiger partial charge is 0.208 e. The van der Waals surface area contributed by atoms with Crippen LogP contribution < -0.4 is 5.32 Å². The standard InChI is InChI=1S/C12H16N2OS/c1-8-6-16-7-11(8)4-13-5-12-14-9(2)10(3)15-12/h6-7,13H,4-5H2,1-3H3. The fourth-order valence-electron chi connectivity index (χ4n) is 1.49. The van der Waals surface area contributed by atoms with Crippen molar-refractivity contribution in [1.82, 2.24) is 10.3 Å². The largest absolute Gasteiger partial charge is 0.444 e. The maximum atomic E-state index is 5.49. The van der Waals surface area contributed by atoms with Crippen LogP contribution in [0.2, 0.25) is 0 Å². The van der Waals surface area contributed by atoms with Gasteiger partial charge in [0.05, 0.1) is 12.2 Å². The van der Waals surface area contributed by atoms with E-state index in [0.29, 0.717) is 6.54 Å². The third-order valence-electron chi connectivity index (χ3n) is 2.63. The zero-order chi connectivity index (χ0) is 11.5. The van der Waals surface area contributed by atoms with Crippen molar-refractivity contribution in [2.24, 2.45) is 0 Å². The van der Waals surface area contributed by atoms with E-state index in [4.69, 9.17) is 4.42 Å². The van der Waals surface area contributed by atoms with E-state index in [1.165, 1.54) is 11.1 Å². The molecule has 1 N–H and O–H groups in total. The predicted octanol–water partition coefficient (Wildman–Crippen LogP) is 2.95. The molecule has 4 heteroatoms. The van der Waals surface area contributed by atoms with Crippen LogP contribution in [0.4, 0.5) is 0 Å². The van der Waals surface area contributed by atoms with E-state index in [1.54, 1.807) is 11.3 Å². The average molecular weight is 236 g/mol. The Morgan fingerprint density at radius 2 is 2.06 bits per heavy atom. The van der Waals surface area contributed by atoms with Gasteiger partial charge >= 0.3 is 0 Å². The summed E-state index contributed by atoms with van der Waals surface area (Å²) in [7, 11) is 0. The van der Waals surface area contributed by atoms with Crippen LogP contribution in [0, 0.1) is 20.8 Å². The maximum absolute atomic E-state index is 5.49. The Morgan fingerprint density at radius 1 is 1.25 bits per heavy atom. The fraction of sp³-hybridized carbons (Fsp3) is 0.417. The second kappa shape index (κ2) is 4.80. The molecule has 0 spiro atoms. The van der Waals surface area contributed by atoms with Gasteiger partial charge in [0, 0.05) is 6.54 Å².